The highest BCUT2D eigenvalue weighted by Crippen LogP contribution is 2.30. The second-order valence-electron chi connectivity index (χ2n) is 8.69. The molecule has 3 heterocycles. The van der Waals surface area contributed by atoms with Gasteiger partial charge in [0.05, 0.1) is 23.3 Å². The molecule has 2 amide bonds. The Kier molecular flexibility index (Phi) is 6.01. The zero-order valence-electron chi connectivity index (χ0n) is 19.4. The highest BCUT2D eigenvalue weighted by Gasteiger charge is 2.24. The normalized spacial score (nSPS) is 11.4. The third kappa shape index (κ3) is 5.03. The number of carbonyl (C=O) groups excluding carboxylic acids is 1. The number of hydrogen-bond donors (Lipinski definition) is 2. The lowest BCUT2D eigenvalue weighted by molar-refractivity contribution is 0.261. The van der Waals surface area contributed by atoms with E-state index in [1.54, 1.807) is 37.1 Å². The number of nitrogens with one attached hydrogen (secondary N) is 2. The minimum absolute atomic E-state index is 0.0651. The molecular formula is C23H24FN7O3. The Balaban J connectivity index is 1.48. The van der Waals surface area contributed by atoms with E-state index in [0.29, 0.717) is 11.3 Å². The Morgan fingerprint density at radius 2 is 2.00 bits per heavy atom. The molecule has 176 valence electrons. The number of urea groups is 1. The second-order valence-corrected chi connectivity index (χ2v) is 8.69. The van der Waals surface area contributed by atoms with Crippen LogP contribution >= 0.6 is 0 Å². The number of amides is 2. The summed E-state index contributed by atoms with van der Waals surface area (Å²) in [5.74, 6) is -0.209. The SMILES string of the molecule is Cc1c(C(C)(C)C)noc1NC(=O)Nc1cc(Oc2nccc(-c3cnn(C)c3)n2)ccc1F. The van der Waals surface area contributed by atoms with Gasteiger partial charge in [0.1, 0.15) is 11.6 Å². The van der Waals surface area contributed by atoms with Crippen LogP contribution in [0.25, 0.3) is 11.3 Å². The van der Waals surface area contributed by atoms with Crippen molar-refractivity contribution in [3.05, 3.63) is 59.9 Å². The van der Waals surface area contributed by atoms with Crippen molar-refractivity contribution in [3.8, 4) is 23.0 Å². The van der Waals surface area contributed by atoms with Crippen molar-refractivity contribution in [1.29, 1.82) is 0 Å². The van der Waals surface area contributed by atoms with Crippen LogP contribution in [0.1, 0.15) is 32.0 Å². The van der Waals surface area contributed by atoms with E-state index in [4.69, 9.17) is 9.26 Å². The molecule has 0 unspecified atom stereocenters. The van der Waals surface area contributed by atoms with Gasteiger partial charge in [0.2, 0.25) is 5.88 Å². The zero-order valence-corrected chi connectivity index (χ0v) is 19.4. The third-order valence-corrected chi connectivity index (χ3v) is 4.89. The first kappa shape index (κ1) is 22.9. The lowest BCUT2D eigenvalue weighted by Crippen LogP contribution is -2.20. The van der Waals surface area contributed by atoms with Crippen LogP contribution < -0.4 is 15.4 Å². The van der Waals surface area contributed by atoms with Gasteiger partial charge in [-0.1, -0.05) is 25.9 Å². The Labute approximate surface area is 195 Å². The van der Waals surface area contributed by atoms with Crippen molar-refractivity contribution >= 4 is 17.6 Å². The minimum Gasteiger partial charge on any atom is -0.424 e. The molecule has 0 aliphatic carbocycles. The highest BCUT2D eigenvalue weighted by atomic mass is 19.1. The molecule has 0 saturated heterocycles. The molecule has 11 heteroatoms. The van der Waals surface area contributed by atoms with Crippen molar-refractivity contribution < 1.29 is 18.4 Å². The molecule has 0 radical (unpaired) electrons. The number of carbonyl (C=O) groups is 1. The average Bonchev–Trinajstić information content (AvgIpc) is 3.36. The molecule has 0 bridgehead atoms. The number of hydrogen-bond acceptors (Lipinski definition) is 7. The minimum atomic E-state index is -0.689. The molecule has 3 aromatic heterocycles. The van der Waals surface area contributed by atoms with Gasteiger partial charge in [-0.3, -0.25) is 10.00 Å². The molecule has 0 saturated carbocycles. The predicted octanol–water partition coefficient (Wildman–Crippen LogP) is 5.05. The second kappa shape index (κ2) is 8.93. The Morgan fingerprint density at radius 1 is 1.21 bits per heavy atom. The van der Waals surface area contributed by atoms with Crippen LogP contribution in [-0.4, -0.2) is 30.9 Å². The molecule has 1 aromatic carbocycles. The molecular weight excluding hydrogens is 441 g/mol. The van der Waals surface area contributed by atoms with Gasteiger partial charge in [0.25, 0.3) is 0 Å². The van der Waals surface area contributed by atoms with Gasteiger partial charge in [-0.25, -0.2) is 14.2 Å². The maximum absolute atomic E-state index is 14.4. The molecule has 2 N–H and O–H groups in total. The van der Waals surface area contributed by atoms with Crippen molar-refractivity contribution in [2.24, 2.45) is 7.05 Å². The maximum atomic E-state index is 14.4. The van der Waals surface area contributed by atoms with E-state index in [0.717, 1.165) is 11.3 Å². The van der Waals surface area contributed by atoms with Gasteiger partial charge >= 0.3 is 12.0 Å². The molecule has 0 fully saturated rings. The monoisotopic (exact) mass is 465 g/mol. The van der Waals surface area contributed by atoms with Crippen LogP contribution in [0, 0.1) is 12.7 Å². The van der Waals surface area contributed by atoms with Crippen LogP contribution in [0.4, 0.5) is 20.8 Å². The first-order chi connectivity index (χ1) is 16.1. The van der Waals surface area contributed by atoms with Crippen LogP contribution in [0.2, 0.25) is 0 Å². The van der Waals surface area contributed by atoms with Gasteiger partial charge < -0.3 is 14.6 Å². The summed E-state index contributed by atoms with van der Waals surface area (Å²) in [5, 5.41) is 13.2. The summed E-state index contributed by atoms with van der Waals surface area (Å²) >= 11 is 0. The molecule has 0 aliphatic rings. The summed E-state index contributed by atoms with van der Waals surface area (Å²) in [6, 6.07) is 5.02. The Bertz CT molecular complexity index is 1340. The van der Waals surface area contributed by atoms with Crippen molar-refractivity contribution in [3.63, 3.8) is 0 Å². The molecule has 34 heavy (non-hydrogen) atoms. The van der Waals surface area contributed by atoms with Crippen LogP contribution in [0.15, 0.2) is 47.4 Å². The van der Waals surface area contributed by atoms with Crippen molar-refractivity contribution in [1.82, 2.24) is 24.9 Å². The van der Waals surface area contributed by atoms with Crippen LogP contribution in [0.5, 0.6) is 11.8 Å². The van der Waals surface area contributed by atoms with E-state index in [1.165, 1.54) is 18.2 Å². The van der Waals surface area contributed by atoms with E-state index in [1.807, 2.05) is 27.0 Å². The molecule has 0 spiro atoms. The molecule has 4 rings (SSSR count). The summed E-state index contributed by atoms with van der Waals surface area (Å²) in [5.41, 5.74) is 2.49. The number of benzene rings is 1. The number of nitrogens with zero attached hydrogens (tertiary/aromatic N) is 5. The number of rotatable bonds is 5. The number of ether oxygens (including phenoxy) is 1. The van der Waals surface area contributed by atoms with Gasteiger partial charge in [-0.05, 0) is 25.1 Å². The fourth-order valence-corrected chi connectivity index (χ4v) is 3.28. The summed E-state index contributed by atoms with van der Waals surface area (Å²) in [6.07, 6.45) is 5.03. The van der Waals surface area contributed by atoms with Crippen molar-refractivity contribution in [2.75, 3.05) is 10.6 Å². The van der Waals surface area contributed by atoms with E-state index in [9.17, 15) is 9.18 Å². The number of aromatic nitrogens is 5. The van der Waals surface area contributed by atoms with Gasteiger partial charge in [0, 0.05) is 42.0 Å². The lowest BCUT2D eigenvalue weighted by Gasteiger charge is -2.15. The Hall–Kier alpha value is -4.28. The van der Waals surface area contributed by atoms with Gasteiger partial charge in [-0.15, -0.1) is 0 Å². The van der Waals surface area contributed by atoms with E-state index in [-0.39, 0.29) is 28.7 Å². The average molecular weight is 465 g/mol. The topological polar surface area (TPSA) is 120 Å². The Morgan fingerprint density at radius 3 is 2.68 bits per heavy atom. The number of aryl methyl sites for hydroxylation is 1. The van der Waals surface area contributed by atoms with Crippen LogP contribution in [-0.2, 0) is 12.5 Å². The predicted molar refractivity (Wildman–Crippen MR) is 123 cm³/mol. The molecule has 4 aromatic rings. The summed E-state index contributed by atoms with van der Waals surface area (Å²) in [7, 11) is 1.80. The first-order valence-electron chi connectivity index (χ1n) is 10.4. The summed E-state index contributed by atoms with van der Waals surface area (Å²) in [4.78, 5) is 20.9. The highest BCUT2D eigenvalue weighted by molar-refractivity contribution is 5.99. The van der Waals surface area contributed by atoms with Gasteiger partial charge in [-0.2, -0.15) is 10.1 Å². The summed E-state index contributed by atoms with van der Waals surface area (Å²) in [6.45, 7) is 7.75. The molecule has 10 nitrogen and oxygen atoms in total. The van der Waals surface area contributed by atoms with Gasteiger partial charge in [0.15, 0.2) is 0 Å². The maximum Gasteiger partial charge on any atom is 0.326 e. The molecule has 0 atom stereocenters. The van der Waals surface area contributed by atoms with E-state index >= 15 is 0 Å². The van der Waals surface area contributed by atoms with Crippen LogP contribution in [0.3, 0.4) is 0 Å². The summed E-state index contributed by atoms with van der Waals surface area (Å²) < 4.78 is 27.0. The standard InChI is InChI=1S/C23H24FN7O3/c1-13-19(23(2,3)4)30-34-20(13)29-21(32)27-18-10-15(6-7-16(18)24)33-22-25-9-8-17(28-22)14-11-26-31(5)12-14/h6-12H,1-5H3,(H2,27,29,32). The molecule has 0 aliphatic heterocycles. The quantitative estimate of drug-likeness (QED) is 0.423. The fourth-order valence-electron chi connectivity index (χ4n) is 3.28. The lowest BCUT2D eigenvalue weighted by atomic mass is 9.90. The largest absolute Gasteiger partial charge is 0.424 e. The fraction of sp³-hybridized carbons (Fsp3) is 0.261. The van der Waals surface area contributed by atoms with E-state index < -0.39 is 11.8 Å². The third-order valence-electron chi connectivity index (χ3n) is 4.89. The van der Waals surface area contributed by atoms with Crippen molar-refractivity contribution in [2.45, 2.75) is 33.1 Å². The zero-order chi connectivity index (χ0) is 24.5. The first-order valence-corrected chi connectivity index (χ1v) is 10.4. The van der Waals surface area contributed by atoms with E-state index in [2.05, 4.69) is 30.9 Å². The number of halogens is 1. The smallest absolute Gasteiger partial charge is 0.326 e. The number of anilines is 2.